The number of hydrazone groups is 1. The van der Waals surface area contributed by atoms with E-state index in [1.807, 2.05) is 0 Å². The van der Waals surface area contributed by atoms with Crippen LogP contribution >= 0.6 is 31.9 Å². The molecule has 0 aliphatic rings. The molecule has 0 aliphatic heterocycles. The molecular formula is C22H20Br2N4O6. The van der Waals surface area contributed by atoms with E-state index in [1.165, 1.54) is 39.7 Å². The fraction of sp³-hybridized carbons (Fsp3) is 0.182. The summed E-state index contributed by atoms with van der Waals surface area (Å²) in [5.41, 5.74) is 3.91. The fourth-order valence-electron chi connectivity index (χ4n) is 2.89. The number of benzene rings is 2. The lowest BCUT2D eigenvalue weighted by molar-refractivity contribution is 0.0732. The number of aromatic nitrogens is 2. The maximum absolute atomic E-state index is 13.0. The van der Waals surface area contributed by atoms with Crippen molar-refractivity contribution in [3.05, 3.63) is 61.8 Å². The third kappa shape index (κ3) is 5.75. The van der Waals surface area contributed by atoms with Crippen LogP contribution in [0, 0.1) is 6.92 Å². The number of halogens is 2. The molecule has 10 nitrogen and oxygen atoms in total. The average Bonchev–Trinajstić information content (AvgIpc) is 3.26. The van der Waals surface area contributed by atoms with Gasteiger partial charge in [-0.05, 0) is 53.2 Å². The summed E-state index contributed by atoms with van der Waals surface area (Å²) in [6.45, 7) is 1.78. The molecule has 2 aromatic carbocycles. The predicted molar refractivity (Wildman–Crippen MR) is 131 cm³/mol. The van der Waals surface area contributed by atoms with Crippen LogP contribution in [-0.4, -0.2) is 49.6 Å². The van der Waals surface area contributed by atoms with Gasteiger partial charge in [0.05, 0.1) is 37.6 Å². The molecule has 1 aromatic heterocycles. The first-order chi connectivity index (χ1) is 16.3. The Labute approximate surface area is 211 Å². The van der Waals surface area contributed by atoms with Crippen LogP contribution < -0.4 is 24.4 Å². The van der Waals surface area contributed by atoms with Gasteiger partial charge in [-0.3, -0.25) is 9.89 Å². The van der Waals surface area contributed by atoms with Crippen molar-refractivity contribution in [2.75, 3.05) is 21.3 Å². The third-order valence-corrected chi connectivity index (χ3v) is 5.49. The number of rotatable bonds is 8. The number of esters is 1. The standard InChI is InChI=1S/C22H20Br2N4O6/c1-11-5-16(27-26-11)21(29)28-25-10-13-6-14(23)9-15(24)19(13)34-22(30)12-7-17(31-2)20(33-4)18(8-12)32-3/h5-10H,1-4H3,(H,26,27)(H,28,29). The van der Waals surface area contributed by atoms with E-state index in [2.05, 4.69) is 52.6 Å². The second-order valence-corrected chi connectivity index (χ2v) is 8.51. The number of H-pyrrole nitrogens is 1. The molecule has 0 saturated heterocycles. The molecule has 34 heavy (non-hydrogen) atoms. The van der Waals surface area contributed by atoms with Crippen molar-refractivity contribution in [3.63, 3.8) is 0 Å². The predicted octanol–water partition coefficient (Wildman–Crippen LogP) is 4.25. The summed E-state index contributed by atoms with van der Waals surface area (Å²) in [6, 6.07) is 7.94. The Balaban J connectivity index is 1.87. The Morgan fingerprint density at radius 3 is 2.24 bits per heavy atom. The Morgan fingerprint density at radius 1 is 1.00 bits per heavy atom. The molecule has 2 N–H and O–H groups in total. The van der Waals surface area contributed by atoms with Crippen molar-refractivity contribution < 1.29 is 28.5 Å². The molecular weight excluding hydrogens is 576 g/mol. The van der Waals surface area contributed by atoms with Crippen molar-refractivity contribution in [2.24, 2.45) is 5.10 Å². The third-order valence-electron chi connectivity index (χ3n) is 4.44. The van der Waals surface area contributed by atoms with Gasteiger partial charge in [-0.1, -0.05) is 15.9 Å². The topological polar surface area (TPSA) is 124 Å². The van der Waals surface area contributed by atoms with Crippen LogP contribution in [0.5, 0.6) is 23.0 Å². The minimum atomic E-state index is -0.673. The van der Waals surface area contributed by atoms with Gasteiger partial charge >= 0.3 is 5.97 Å². The number of nitrogens with one attached hydrogen (secondary N) is 2. The maximum Gasteiger partial charge on any atom is 0.343 e. The molecule has 3 rings (SSSR count). The van der Waals surface area contributed by atoms with Gasteiger partial charge in [-0.25, -0.2) is 10.2 Å². The van der Waals surface area contributed by atoms with E-state index in [-0.39, 0.29) is 17.0 Å². The van der Waals surface area contributed by atoms with E-state index >= 15 is 0 Å². The van der Waals surface area contributed by atoms with Gasteiger partial charge in [-0.15, -0.1) is 0 Å². The average molecular weight is 596 g/mol. The first-order valence-electron chi connectivity index (χ1n) is 9.64. The molecule has 0 saturated carbocycles. The Kier molecular flexibility index (Phi) is 8.29. The number of hydrogen-bond acceptors (Lipinski definition) is 8. The fourth-order valence-corrected chi connectivity index (χ4v) is 4.23. The smallest absolute Gasteiger partial charge is 0.343 e. The van der Waals surface area contributed by atoms with Gasteiger partial charge in [0, 0.05) is 15.7 Å². The molecule has 0 fully saturated rings. The van der Waals surface area contributed by atoms with E-state index in [0.29, 0.717) is 31.8 Å². The first kappa shape index (κ1) is 25.2. The van der Waals surface area contributed by atoms with Gasteiger partial charge in [0.2, 0.25) is 5.75 Å². The lowest BCUT2D eigenvalue weighted by Crippen LogP contribution is -2.18. The summed E-state index contributed by atoms with van der Waals surface area (Å²) in [7, 11) is 4.37. The van der Waals surface area contributed by atoms with Crippen molar-refractivity contribution in [3.8, 4) is 23.0 Å². The van der Waals surface area contributed by atoms with Crippen LogP contribution in [0.3, 0.4) is 0 Å². The van der Waals surface area contributed by atoms with Gasteiger partial charge in [-0.2, -0.15) is 10.2 Å². The first-order valence-corrected chi connectivity index (χ1v) is 11.2. The Bertz CT molecular complexity index is 1230. The summed E-state index contributed by atoms with van der Waals surface area (Å²) in [5, 5.41) is 10.5. The van der Waals surface area contributed by atoms with Crippen LogP contribution in [0.1, 0.15) is 32.1 Å². The minimum absolute atomic E-state index is 0.175. The highest BCUT2D eigenvalue weighted by Crippen LogP contribution is 2.39. The minimum Gasteiger partial charge on any atom is -0.493 e. The number of amides is 1. The van der Waals surface area contributed by atoms with Gasteiger partial charge < -0.3 is 18.9 Å². The van der Waals surface area contributed by atoms with Crippen molar-refractivity contribution in [2.45, 2.75) is 6.92 Å². The molecule has 0 spiro atoms. The van der Waals surface area contributed by atoms with Crippen LogP contribution in [0.25, 0.3) is 0 Å². The van der Waals surface area contributed by atoms with Crippen LogP contribution in [0.2, 0.25) is 0 Å². The molecule has 178 valence electrons. The summed E-state index contributed by atoms with van der Waals surface area (Å²) in [4.78, 5) is 25.1. The van der Waals surface area contributed by atoms with Crippen molar-refractivity contribution >= 4 is 50.0 Å². The summed E-state index contributed by atoms with van der Waals surface area (Å²) in [6.07, 6.45) is 1.35. The van der Waals surface area contributed by atoms with Crippen LogP contribution in [0.15, 0.2) is 44.4 Å². The van der Waals surface area contributed by atoms with Crippen molar-refractivity contribution in [1.82, 2.24) is 15.6 Å². The second-order valence-electron chi connectivity index (χ2n) is 6.74. The number of ether oxygens (including phenoxy) is 4. The number of carbonyl (C=O) groups is 2. The zero-order valence-electron chi connectivity index (χ0n) is 18.6. The zero-order valence-corrected chi connectivity index (χ0v) is 21.7. The molecule has 1 heterocycles. The molecule has 0 radical (unpaired) electrons. The molecule has 12 heteroatoms. The van der Waals surface area contributed by atoms with Gasteiger partial charge in [0.1, 0.15) is 0 Å². The van der Waals surface area contributed by atoms with E-state index in [4.69, 9.17) is 18.9 Å². The lowest BCUT2D eigenvalue weighted by Gasteiger charge is -2.15. The van der Waals surface area contributed by atoms with Gasteiger partial charge in [0.15, 0.2) is 22.9 Å². The number of aryl methyl sites for hydroxylation is 1. The van der Waals surface area contributed by atoms with E-state index < -0.39 is 11.9 Å². The van der Waals surface area contributed by atoms with E-state index in [9.17, 15) is 9.59 Å². The van der Waals surface area contributed by atoms with Crippen LogP contribution in [-0.2, 0) is 0 Å². The van der Waals surface area contributed by atoms with Crippen LogP contribution in [0.4, 0.5) is 0 Å². The highest BCUT2D eigenvalue weighted by Gasteiger charge is 2.20. The highest BCUT2D eigenvalue weighted by atomic mass is 79.9. The largest absolute Gasteiger partial charge is 0.493 e. The maximum atomic E-state index is 13.0. The number of carbonyl (C=O) groups excluding carboxylic acids is 2. The molecule has 0 bridgehead atoms. The highest BCUT2D eigenvalue weighted by molar-refractivity contribution is 9.11. The molecule has 1 amide bonds. The number of hydrogen-bond donors (Lipinski definition) is 2. The second kappa shape index (κ2) is 11.2. The quantitative estimate of drug-likeness (QED) is 0.173. The van der Waals surface area contributed by atoms with E-state index in [1.54, 1.807) is 25.1 Å². The Morgan fingerprint density at radius 2 is 1.68 bits per heavy atom. The number of nitrogens with zero attached hydrogens (tertiary/aromatic N) is 2. The molecule has 3 aromatic rings. The molecule has 0 aliphatic carbocycles. The SMILES string of the molecule is COc1cc(C(=O)Oc2c(Br)cc(Br)cc2C=NNC(=O)c2cc(C)[nH]n2)cc(OC)c1OC. The summed E-state index contributed by atoms with van der Waals surface area (Å²) in [5.74, 6) is -0.0141. The van der Waals surface area contributed by atoms with Crippen molar-refractivity contribution in [1.29, 1.82) is 0 Å². The molecule has 0 unspecified atom stereocenters. The normalized spacial score (nSPS) is 10.8. The van der Waals surface area contributed by atoms with E-state index in [0.717, 1.165) is 5.69 Å². The lowest BCUT2D eigenvalue weighted by atomic mass is 10.1. The monoisotopic (exact) mass is 594 g/mol. The zero-order chi connectivity index (χ0) is 24.8. The number of aromatic amines is 1. The molecule has 0 atom stereocenters. The summed E-state index contributed by atoms with van der Waals surface area (Å²) >= 11 is 6.79. The van der Waals surface area contributed by atoms with Gasteiger partial charge in [0.25, 0.3) is 5.91 Å². The number of methoxy groups -OCH3 is 3. The Hall–Kier alpha value is -3.38. The summed E-state index contributed by atoms with van der Waals surface area (Å²) < 4.78 is 22.7.